The molecule has 1 atom stereocenters. The molecule has 0 aliphatic rings. The summed E-state index contributed by atoms with van der Waals surface area (Å²) < 4.78 is 5.05. The molecule has 1 unspecified atom stereocenters. The van der Waals surface area contributed by atoms with Crippen molar-refractivity contribution in [1.29, 1.82) is 0 Å². The van der Waals surface area contributed by atoms with Crippen LogP contribution in [0.25, 0.3) is 0 Å². The van der Waals surface area contributed by atoms with Gasteiger partial charge in [-0.3, -0.25) is 4.79 Å². The van der Waals surface area contributed by atoms with Gasteiger partial charge in [0.25, 0.3) is 0 Å². The van der Waals surface area contributed by atoms with Crippen LogP contribution in [0.3, 0.4) is 0 Å². The number of carboxylic acid groups (broad SMARTS) is 1. The number of anilines is 1. The molecular weight excluding hydrogens is 318 g/mol. The number of methoxy groups -OCH3 is 1. The zero-order valence-corrected chi connectivity index (χ0v) is 13.5. The third kappa shape index (κ3) is 4.27. The average Bonchev–Trinajstić information content (AvgIpc) is 2.95. The van der Waals surface area contributed by atoms with Gasteiger partial charge in [0.05, 0.1) is 36.5 Å². The monoisotopic (exact) mass is 335 g/mol. The van der Waals surface area contributed by atoms with E-state index in [0.29, 0.717) is 11.4 Å². The van der Waals surface area contributed by atoms with Crippen molar-refractivity contribution in [3.8, 4) is 5.75 Å². The Hall–Kier alpha value is -2.45. The molecule has 0 aliphatic carbocycles. The zero-order chi connectivity index (χ0) is 17.0. The number of carbonyl (C=O) groups is 2. The Kier molecular flexibility index (Phi) is 5.30. The molecule has 0 bridgehead atoms. The summed E-state index contributed by atoms with van der Waals surface area (Å²) in [7, 11) is 1.46. The molecule has 1 heterocycles. The highest BCUT2D eigenvalue weighted by atomic mass is 32.1. The van der Waals surface area contributed by atoms with Gasteiger partial charge in [-0.05, 0) is 19.1 Å². The molecule has 1 aromatic carbocycles. The number of rotatable bonds is 6. The fourth-order valence-corrected chi connectivity index (χ4v) is 2.69. The number of nitrogens with zero attached hydrogens (tertiary/aromatic N) is 1. The summed E-state index contributed by atoms with van der Waals surface area (Å²) in [5.41, 5.74) is 6.51. The van der Waals surface area contributed by atoms with Crippen molar-refractivity contribution in [3.63, 3.8) is 0 Å². The van der Waals surface area contributed by atoms with Crippen molar-refractivity contribution < 1.29 is 19.4 Å². The minimum Gasteiger partial charge on any atom is -0.497 e. The fourth-order valence-electron chi connectivity index (χ4n) is 1.91. The molecule has 0 fully saturated rings. The topological polar surface area (TPSA) is 115 Å². The van der Waals surface area contributed by atoms with Crippen LogP contribution in [-0.4, -0.2) is 29.1 Å². The summed E-state index contributed by atoms with van der Waals surface area (Å²) in [5, 5.41) is 14.3. The maximum absolute atomic E-state index is 12.1. The van der Waals surface area contributed by atoms with Gasteiger partial charge in [0, 0.05) is 11.4 Å². The minimum absolute atomic E-state index is 0.00584. The van der Waals surface area contributed by atoms with E-state index in [4.69, 9.17) is 10.5 Å². The Morgan fingerprint density at radius 1 is 1.48 bits per heavy atom. The van der Waals surface area contributed by atoms with Crippen molar-refractivity contribution in [3.05, 3.63) is 39.8 Å². The first-order valence-corrected chi connectivity index (χ1v) is 7.69. The van der Waals surface area contributed by atoms with Crippen LogP contribution in [0, 0.1) is 0 Å². The predicted octanol–water partition coefficient (Wildman–Crippen LogP) is 2.05. The van der Waals surface area contributed by atoms with E-state index in [9.17, 15) is 14.7 Å². The third-order valence-electron chi connectivity index (χ3n) is 3.03. The largest absolute Gasteiger partial charge is 0.497 e. The van der Waals surface area contributed by atoms with Crippen LogP contribution in [0.4, 0.5) is 5.69 Å². The SMILES string of the molecule is COc1ccc(C(=O)O)c(NC(=O)Cc2csc(C(C)N)n2)c1. The summed E-state index contributed by atoms with van der Waals surface area (Å²) in [6.07, 6.45) is 0.0412. The van der Waals surface area contributed by atoms with E-state index >= 15 is 0 Å². The molecule has 2 aromatic rings. The molecule has 4 N–H and O–H groups in total. The number of thiazole rings is 1. The second-order valence-corrected chi connectivity index (χ2v) is 5.80. The van der Waals surface area contributed by atoms with Crippen LogP contribution in [-0.2, 0) is 11.2 Å². The van der Waals surface area contributed by atoms with Gasteiger partial charge >= 0.3 is 5.97 Å². The number of hydrogen-bond acceptors (Lipinski definition) is 6. The lowest BCUT2D eigenvalue weighted by Gasteiger charge is -2.10. The molecule has 0 saturated carbocycles. The molecular formula is C15H17N3O4S. The predicted molar refractivity (Wildman–Crippen MR) is 87.0 cm³/mol. The fraction of sp³-hybridized carbons (Fsp3) is 0.267. The third-order valence-corrected chi connectivity index (χ3v) is 4.13. The van der Waals surface area contributed by atoms with Gasteiger partial charge in [0.15, 0.2) is 0 Å². The first-order valence-electron chi connectivity index (χ1n) is 6.81. The number of hydrogen-bond donors (Lipinski definition) is 3. The number of carboxylic acids is 1. The van der Waals surface area contributed by atoms with Crippen LogP contribution in [0.5, 0.6) is 5.75 Å². The lowest BCUT2D eigenvalue weighted by atomic mass is 10.1. The normalized spacial score (nSPS) is 11.8. The highest BCUT2D eigenvalue weighted by Crippen LogP contribution is 2.23. The van der Waals surface area contributed by atoms with Crippen LogP contribution in [0.2, 0.25) is 0 Å². The molecule has 8 heteroatoms. The number of benzene rings is 1. The molecule has 2 rings (SSSR count). The number of nitrogens with one attached hydrogen (secondary N) is 1. The number of aromatic nitrogens is 1. The summed E-state index contributed by atoms with van der Waals surface area (Å²) in [5.74, 6) is -1.03. The molecule has 0 saturated heterocycles. The van der Waals surface area contributed by atoms with Gasteiger partial charge in [-0.15, -0.1) is 11.3 Å². The smallest absolute Gasteiger partial charge is 0.337 e. The zero-order valence-electron chi connectivity index (χ0n) is 12.7. The van der Waals surface area contributed by atoms with Gasteiger partial charge in [-0.25, -0.2) is 9.78 Å². The Morgan fingerprint density at radius 3 is 2.78 bits per heavy atom. The van der Waals surface area contributed by atoms with Crippen molar-refractivity contribution in [2.75, 3.05) is 12.4 Å². The van der Waals surface area contributed by atoms with E-state index in [1.165, 1.54) is 36.6 Å². The van der Waals surface area contributed by atoms with Gasteiger partial charge < -0.3 is 20.9 Å². The molecule has 0 aliphatic heterocycles. The number of aromatic carboxylic acids is 1. The maximum Gasteiger partial charge on any atom is 0.337 e. The molecule has 7 nitrogen and oxygen atoms in total. The Bertz CT molecular complexity index is 727. The maximum atomic E-state index is 12.1. The minimum atomic E-state index is -1.13. The summed E-state index contributed by atoms with van der Waals surface area (Å²) in [6.45, 7) is 1.82. The van der Waals surface area contributed by atoms with E-state index in [1.807, 2.05) is 6.92 Å². The van der Waals surface area contributed by atoms with Crippen molar-refractivity contribution in [1.82, 2.24) is 4.98 Å². The second-order valence-electron chi connectivity index (χ2n) is 4.91. The van der Waals surface area contributed by atoms with Crippen LogP contribution in [0.1, 0.15) is 34.0 Å². The van der Waals surface area contributed by atoms with Gasteiger partial charge in [-0.2, -0.15) is 0 Å². The summed E-state index contributed by atoms with van der Waals surface area (Å²) >= 11 is 1.39. The molecule has 122 valence electrons. The summed E-state index contributed by atoms with van der Waals surface area (Å²) in [6, 6.07) is 4.19. The van der Waals surface area contributed by atoms with Crippen molar-refractivity contribution in [2.45, 2.75) is 19.4 Å². The van der Waals surface area contributed by atoms with E-state index < -0.39 is 5.97 Å². The van der Waals surface area contributed by atoms with E-state index in [0.717, 1.165) is 5.01 Å². The van der Waals surface area contributed by atoms with E-state index in [-0.39, 0.29) is 29.6 Å². The highest BCUT2D eigenvalue weighted by molar-refractivity contribution is 7.09. The number of nitrogens with two attached hydrogens (primary N) is 1. The molecule has 1 amide bonds. The molecule has 23 heavy (non-hydrogen) atoms. The number of carbonyl (C=O) groups excluding carboxylic acids is 1. The number of ether oxygens (including phenoxy) is 1. The van der Waals surface area contributed by atoms with Crippen molar-refractivity contribution >= 4 is 28.9 Å². The van der Waals surface area contributed by atoms with Crippen LogP contribution >= 0.6 is 11.3 Å². The highest BCUT2D eigenvalue weighted by Gasteiger charge is 2.15. The lowest BCUT2D eigenvalue weighted by molar-refractivity contribution is -0.115. The van der Waals surface area contributed by atoms with Crippen LogP contribution < -0.4 is 15.8 Å². The van der Waals surface area contributed by atoms with Gasteiger partial charge in [0.2, 0.25) is 5.91 Å². The first-order chi connectivity index (χ1) is 10.9. The van der Waals surface area contributed by atoms with Crippen LogP contribution in [0.15, 0.2) is 23.6 Å². The van der Waals surface area contributed by atoms with E-state index in [2.05, 4.69) is 10.3 Å². The van der Waals surface area contributed by atoms with E-state index in [1.54, 1.807) is 5.38 Å². The Balaban J connectivity index is 2.14. The summed E-state index contributed by atoms with van der Waals surface area (Å²) in [4.78, 5) is 27.6. The first kappa shape index (κ1) is 16.9. The lowest BCUT2D eigenvalue weighted by Crippen LogP contribution is -2.17. The molecule has 1 aromatic heterocycles. The second kappa shape index (κ2) is 7.21. The standard InChI is InChI=1S/C15H17N3O4S/c1-8(16)14-17-9(7-23-14)5-13(19)18-12-6-10(22-2)3-4-11(12)15(20)21/h3-4,6-8H,5,16H2,1-2H3,(H,18,19)(H,20,21). The molecule has 0 spiro atoms. The van der Waals surface area contributed by atoms with Gasteiger partial charge in [-0.1, -0.05) is 0 Å². The Morgan fingerprint density at radius 2 is 2.22 bits per heavy atom. The Labute approximate surface area is 137 Å². The number of amides is 1. The van der Waals surface area contributed by atoms with Gasteiger partial charge in [0.1, 0.15) is 10.8 Å². The quantitative estimate of drug-likeness (QED) is 0.744. The average molecular weight is 335 g/mol. The molecule has 0 radical (unpaired) electrons. The van der Waals surface area contributed by atoms with Crippen molar-refractivity contribution in [2.24, 2.45) is 5.73 Å².